The van der Waals surface area contributed by atoms with Crippen LogP contribution in [0.25, 0.3) is 21.8 Å². The van der Waals surface area contributed by atoms with Gasteiger partial charge in [0.25, 0.3) is 0 Å². The van der Waals surface area contributed by atoms with Crippen molar-refractivity contribution in [1.82, 2.24) is 9.13 Å². The van der Waals surface area contributed by atoms with E-state index in [2.05, 4.69) is 51.1 Å². The molecule has 40 heavy (non-hydrogen) atoms. The molecule has 0 amide bonds. The molecule has 0 unspecified atom stereocenters. The van der Waals surface area contributed by atoms with Gasteiger partial charge in [-0.05, 0) is 36.1 Å². The van der Waals surface area contributed by atoms with Crippen molar-refractivity contribution in [3.8, 4) is 11.8 Å². The highest BCUT2D eigenvalue weighted by Gasteiger charge is 2.25. The maximum Gasteiger partial charge on any atom is 0.341 e. The predicted octanol–water partition coefficient (Wildman–Crippen LogP) is 7.06. The van der Waals surface area contributed by atoms with Crippen molar-refractivity contribution in [3.05, 3.63) is 71.0 Å². The maximum atomic E-state index is 13.4. The summed E-state index contributed by atoms with van der Waals surface area (Å²) in [6, 6.07) is 17.3. The number of esters is 2. The normalized spacial score (nSPS) is 11.9. The standard InChI is InChI=1S/C32H40N2O4Si2/c1-33-25-15-11-9-13-23(25)29(31(35)37-19-21-39(3,4)5)27(33)17-18-28-30(32(36)38-20-22-40(6,7)8)24-14-10-12-16-26(24)34(28)2/h9-16H,19-22H2,1-8H3. The fourth-order valence-electron chi connectivity index (χ4n) is 4.66. The molecule has 0 atom stereocenters. The maximum absolute atomic E-state index is 13.4. The van der Waals surface area contributed by atoms with Gasteiger partial charge in [-0.25, -0.2) is 9.59 Å². The minimum absolute atomic E-state index is 0.373. The molecule has 2 heterocycles. The Bertz CT molecular complexity index is 1520. The van der Waals surface area contributed by atoms with E-state index in [1.807, 2.05) is 71.8 Å². The molecule has 0 bridgehead atoms. The summed E-state index contributed by atoms with van der Waals surface area (Å²) in [6.45, 7) is 14.3. The third-order valence-corrected chi connectivity index (χ3v) is 10.5. The zero-order valence-electron chi connectivity index (χ0n) is 25.0. The summed E-state index contributed by atoms with van der Waals surface area (Å²) in [7, 11) is 1.08. The van der Waals surface area contributed by atoms with Gasteiger partial charge in [0.05, 0.1) is 13.2 Å². The monoisotopic (exact) mass is 572 g/mol. The molecule has 0 saturated carbocycles. The Morgan fingerprint density at radius 1 is 0.650 bits per heavy atom. The Balaban J connectivity index is 1.79. The topological polar surface area (TPSA) is 62.5 Å². The molecule has 0 aliphatic heterocycles. The number of rotatable bonds is 8. The molecule has 0 fully saturated rings. The summed E-state index contributed by atoms with van der Waals surface area (Å²) in [5.74, 6) is 5.76. The lowest BCUT2D eigenvalue weighted by atomic mass is 10.1. The van der Waals surface area contributed by atoms with Crippen LogP contribution in [0.2, 0.25) is 51.4 Å². The second-order valence-electron chi connectivity index (χ2n) is 12.7. The van der Waals surface area contributed by atoms with Gasteiger partial charge in [-0.3, -0.25) is 0 Å². The number of carbonyl (C=O) groups excluding carboxylic acids is 2. The number of hydrogen-bond acceptors (Lipinski definition) is 4. The summed E-state index contributed by atoms with van der Waals surface area (Å²) in [5, 5.41) is 1.60. The van der Waals surface area contributed by atoms with Crippen LogP contribution in [0.1, 0.15) is 32.1 Å². The third-order valence-electron chi connectivity index (χ3n) is 7.09. The SMILES string of the molecule is Cn1c(C#Cc2c(C(=O)OCC[Si](C)(C)C)c3ccccc3n2C)c(C(=O)OCC[Si](C)(C)C)c2ccccc21. The lowest BCUT2D eigenvalue weighted by Gasteiger charge is -2.15. The van der Waals surface area contributed by atoms with Crippen LogP contribution < -0.4 is 0 Å². The number of benzene rings is 2. The Kier molecular flexibility index (Phi) is 8.47. The number of ether oxygens (including phenoxy) is 2. The number of aryl methyl sites for hydroxylation is 2. The van der Waals surface area contributed by atoms with Crippen molar-refractivity contribution in [1.29, 1.82) is 0 Å². The molecule has 4 aromatic rings. The molecule has 2 aromatic carbocycles. The fourth-order valence-corrected chi connectivity index (χ4v) is 6.08. The number of carbonyl (C=O) groups is 2. The second-order valence-corrected chi connectivity index (χ2v) is 24.0. The quantitative estimate of drug-likeness (QED) is 0.129. The van der Waals surface area contributed by atoms with Crippen molar-refractivity contribution >= 4 is 49.9 Å². The summed E-state index contributed by atoms with van der Waals surface area (Å²) in [6.07, 6.45) is 0. The van der Waals surface area contributed by atoms with Gasteiger partial charge >= 0.3 is 11.9 Å². The molecule has 8 heteroatoms. The molecule has 0 radical (unpaired) electrons. The first-order chi connectivity index (χ1) is 18.8. The zero-order valence-corrected chi connectivity index (χ0v) is 27.0. The van der Waals surface area contributed by atoms with Gasteiger partial charge in [0, 0.05) is 52.0 Å². The molecule has 2 aromatic heterocycles. The fraction of sp³-hybridized carbons (Fsp3) is 0.375. The third kappa shape index (κ3) is 6.43. The van der Waals surface area contributed by atoms with Crippen LogP contribution in [0, 0.1) is 11.8 Å². The van der Waals surface area contributed by atoms with E-state index in [9.17, 15) is 9.59 Å². The smallest absolute Gasteiger partial charge is 0.341 e. The van der Waals surface area contributed by atoms with E-state index >= 15 is 0 Å². The summed E-state index contributed by atoms with van der Waals surface area (Å²) in [4.78, 5) is 26.8. The van der Waals surface area contributed by atoms with Crippen LogP contribution in [0.15, 0.2) is 48.5 Å². The van der Waals surface area contributed by atoms with Gasteiger partial charge in [-0.2, -0.15) is 0 Å². The number of fused-ring (bicyclic) bond motifs is 2. The van der Waals surface area contributed by atoms with Gasteiger partial charge in [0.2, 0.25) is 0 Å². The number of hydrogen-bond donors (Lipinski definition) is 0. The summed E-state index contributed by atoms with van der Waals surface area (Å²) < 4.78 is 15.4. The van der Waals surface area contributed by atoms with E-state index in [-0.39, 0.29) is 11.9 Å². The first kappa shape index (κ1) is 29.4. The van der Waals surface area contributed by atoms with Crippen molar-refractivity contribution in [2.45, 2.75) is 51.4 Å². The molecule has 0 aliphatic rings. The highest BCUT2D eigenvalue weighted by Crippen LogP contribution is 2.28. The molecular formula is C32H40N2O4Si2. The second kappa shape index (κ2) is 11.5. The molecule has 4 rings (SSSR count). The number of aromatic nitrogens is 2. The van der Waals surface area contributed by atoms with E-state index in [0.29, 0.717) is 35.7 Å². The zero-order chi connectivity index (χ0) is 29.2. The largest absolute Gasteiger partial charge is 0.462 e. The number of nitrogens with zero attached hydrogens (tertiary/aromatic N) is 2. The van der Waals surface area contributed by atoms with E-state index in [4.69, 9.17) is 9.47 Å². The lowest BCUT2D eigenvalue weighted by molar-refractivity contribution is 0.0517. The summed E-state index contributed by atoms with van der Waals surface area (Å²) in [5.41, 5.74) is 3.82. The van der Waals surface area contributed by atoms with Gasteiger partial charge in [0.15, 0.2) is 0 Å². The van der Waals surface area contributed by atoms with Crippen molar-refractivity contribution < 1.29 is 19.1 Å². The predicted molar refractivity (Wildman–Crippen MR) is 169 cm³/mol. The highest BCUT2D eigenvalue weighted by molar-refractivity contribution is 6.76. The molecule has 0 spiro atoms. The van der Waals surface area contributed by atoms with Gasteiger partial charge in [-0.1, -0.05) is 75.7 Å². The molecular weight excluding hydrogens is 533 g/mol. The van der Waals surface area contributed by atoms with E-state index in [0.717, 1.165) is 33.9 Å². The van der Waals surface area contributed by atoms with Crippen molar-refractivity contribution in [3.63, 3.8) is 0 Å². The minimum atomic E-state index is -1.36. The van der Waals surface area contributed by atoms with Crippen LogP contribution in [-0.4, -0.2) is 50.4 Å². The average molecular weight is 573 g/mol. The average Bonchev–Trinajstić information content (AvgIpc) is 3.32. The van der Waals surface area contributed by atoms with Gasteiger partial charge < -0.3 is 18.6 Å². The van der Waals surface area contributed by atoms with E-state index in [1.165, 1.54) is 0 Å². The van der Waals surface area contributed by atoms with Crippen molar-refractivity contribution in [2.24, 2.45) is 14.1 Å². The summed E-state index contributed by atoms with van der Waals surface area (Å²) >= 11 is 0. The van der Waals surface area contributed by atoms with Crippen LogP contribution in [0.3, 0.4) is 0 Å². The van der Waals surface area contributed by atoms with Gasteiger partial charge in [-0.15, -0.1) is 0 Å². The highest BCUT2D eigenvalue weighted by atomic mass is 28.3. The molecule has 0 saturated heterocycles. The lowest BCUT2D eigenvalue weighted by Crippen LogP contribution is -2.23. The van der Waals surface area contributed by atoms with Crippen molar-refractivity contribution in [2.75, 3.05) is 13.2 Å². The first-order valence-corrected chi connectivity index (χ1v) is 21.2. The van der Waals surface area contributed by atoms with E-state index < -0.39 is 16.1 Å². The Morgan fingerprint density at radius 2 is 1.00 bits per heavy atom. The van der Waals surface area contributed by atoms with Crippen LogP contribution in [0.5, 0.6) is 0 Å². The Morgan fingerprint density at radius 3 is 1.35 bits per heavy atom. The first-order valence-electron chi connectivity index (χ1n) is 13.8. The number of para-hydroxylation sites is 2. The van der Waals surface area contributed by atoms with Crippen LogP contribution >= 0.6 is 0 Å². The Hall–Kier alpha value is -3.55. The van der Waals surface area contributed by atoms with Crippen LogP contribution in [0.4, 0.5) is 0 Å². The van der Waals surface area contributed by atoms with Crippen LogP contribution in [-0.2, 0) is 23.6 Å². The van der Waals surface area contributed by atoms with E-state index in [1.54, 1.807) is 0 Å². The minimum Gasteiger partial charge on any atom is -0.462 e. The molecule has 0 N–H and O–H groups in total. The molecule has 6 nitrogen and oxygen atoms in total. The molecule has 0 aliphatic carbocycles. The molecule has 210 valence electrons. The Labute approximate surface area is 239 Å². The van der Waals surface area contributed by atoms with Gasteiger partial charge in [0.1, 0.15) is 22.5 Å².